The zero-order chi connectivity index (χ0) is 16.1. The molecule has 1 aliphatic heterocycles. The quantitative estimate of drug-likeness (QED) is 0.773. The second kappa shape index (κ2) is 7.10. The first kappa shape index (κ1) is 15.3. The van der Waals surface area contributed by atoms with Crippen LogP contribution in [0, 0.1) is 6.92 Å². The van der Waals surface area contributed by atoms with Crippen LogP contribution in [0.2, 0.25) is 0 Å². The van der Waals surface area contributed by atoms with Crippen molar-refractivity contribution in [3.05, 3.63) is 83.4 Å². The molecule has 2 aromatic carbocycles. The van der Waals surface area contributed by atoms with E-state index in [0.29, 0.717) is 6.54 Å². The molecule has 2 aromatic rings. The van der Waals surface area contributed by atoms with Crippen LogP contribution in [0.25, 0.3) is 11.6 Å². The summed E-state index contributed by atoms with van der Waals surface area (Å²) >= 11 is 0. The number of aryl methyl sites for hydroxylation is 1. The number of amides is 1. The smallest absolute Gasteiger partial charge is 0.246 e. The lowest BCUT2D eigenvalue weighted by Gasteiger charge is -2.25. The van der Waals surface area contributed by atoms with Gasteiger partial charge in [0.25, 0.3) is 0 Å². The SMILES string of the molecule is Cc1ccccc1C=CC(=O)N1CC=C(c2ccccc2)CC1. The molecule has 0 spiro atoms. The van der Waals surface area contributed by atoms with Crippen LogP contribution in [0.1, 0.15) is 23.1 Å². The van der Waals surface area contributed by atoms with Crippen LogP contribution in [-0.4, -0.2) is 23.9 Å². The summed E-state index contributed by atoms with van der Waals surface area (Å²) in [5.41, 5.74) is 4.87. The Kier molecular flexibility index (Phi) is 4.72. The summed E-state index contributed by atoms with van der Waals surface area (Å²) in [5.74, 6) is 0.0802. The predicted octanol–water partition coefficient (Wildman–Crippen LogP) is 4.32. The largest absolute Gasteiger partial charge is 0.335 e. The molecule has 0 fully saturated rings. The maximum absolute atomic E-state index is 12.3. The molecule has 1 heterocycles. The third kappa shape index (κ3) is 3.78. The molecule has 3 rings (SSSR count). The lowest BCUT2D eigenvalue weighted by atomic mass is 9.99. The maximum Gasteiger partial charge on any atom is 0.246 e. The van der Waals surface area contributed by atoms with Gasteiger partial charge in [-0.05, 0) is 41.7 Å². The molecular formula is C21H21NO. The van der Waals surface area contributed by atoms with Gasteiger partial charge < -0.3 is 4.90 Å². The van der Waals surface area contributed by atoms with E-state index in [1.54, 1.807) is 6.08 Å². The first-order valence-electron chi connectivity index (χ1n) is 8.01. The molecule has 0 aliphatic carbocycles. The van der Waals surface area contributed by atoms with Crippen molar-refractivity contribution in [3.8, 4) is 0 Å². The van der Waals surface area contributed by atoms with Gasteiger partial charge >= 0.3 is 0 Å². The second-order valence-corrected chi connectivity index (χ2v) is 5.82. The van der Waals surface area contributed by atoms with Gasteiger partial charge in [0.1, 0.15) is 0 Å². The van der Waals surface area contributed by atoms with Crippen LogP contribution in [0.3, 0.4) is 0 Å². The van der Waals surface area contributed by atoms with Crippen molar-refractivity contribution in [2.45, 2.75) is 13.3 Å². The van der Waals surface area contributed by atoms with Gasteiger partial charge in [-0.2, -0.15) is 0 Å². The fraction of sp³-hybridized carbons (Fsp3) is 0.190. The van der Waals surface area contributed by atoms with Crippen LogP contribution in [-0.2, 0) is 4.79 Å². The highest BCUT2D eigenvalue weighted by atomic mass is 16.2. The summed E-state index contributed by atoms with van der Waals surface area (Å²) in [6.07, 6.45) is 6.67. The molecule has 0 saturated heterocycles. The normalized spacial score (nSPS) is 14.8. The Labute approximate surface area is 137 Å². The molecule has 0 aromatic heterocycles. The van der Waals surface area contributed by atoms with E-state index in [4.69, 9.17) is 0 Å². The number of hydrogen-bond acceptors (Lipinski definition) is 1. The summed E-state index contributed by atoms with van der Waals surface area (Å²) in [4.78, 5) is 14.2. The summed E-state index contributed by atoms with van der Waals surface area (Å²) in [6.45, 7) is 3.51. The van der Waals surface area contributed by atoms with Crippen molar-refractivity contribution >= 4 is 17.6 Å². The number of carbonyl (C=O) groups excluding carboxylic acids is 1. The van der Waals surface area contributed by atoms with E-state index >= 15 is 0 Å². The summed E-state index contributed by atoms with van der Waals surface area (Å²) in [7, 11) is 0. The standard InChI is InChI=1S/C21H21NO/c1-17-7-5-6-8-18(17)11-12-21(23)22-15-13-20(14-16-22)19-9-3-2-4-10-19/h2-13H,14-16H2,1H3. The fourth-order valence-corrected chi connectivity index (χ4v) is 2.82. The van der Waals surface area contributed by atoms with E-state index in [1.807, 2.05) is 35.2 Å². The molecule has 2 heteroatoms. The molecule has 0 atom stereocenters. The summed E-state index contributed by atoms with van der Waals surface area (Å²) in [6, 6.07) is 18.5. The highest BCUT2D eigenvalue weighted by Crippen LogP contribution is 2.22. The van der Waals surface area contributed by atoms with E-state index in [-0.39, 0.29) is 5.91 Å². The second-order valence-electron chi connectivity index (χ2n) is 5.82. The van der Waals surface area contributed by atoms with E-state index in [0.717, 1.165) is 18.5 Å². The molecule has 116 valence electrons. The van der Waals surface area contributed by atoms with Gasteiger partial charge in [0, 0.05) is 19.2 Å². The van der Waals surface area contributed by atoms with Gasteiger partial charge in [-0.3, -0.25) is 4.79 Å². The number of nitrogens with zero attached hydrogens (tertiary/aromatic N) is 1. The molecular weight excluding hydrogens is 282 g/mol. The predicted molar refractivity (Wildman–Crippen MR) is 95.8 cm³/mol. The third-order valence-electron chi connectivity index (χ3n) is 4.26. The minimum atomic E-state index is 0.0802. The van der Waals surface area contributed by atoms with Crippen molar-refractivity contribution in [2.75, 3.05) is 13.1 Å². The van der Waals surface area contributed by atoms with Gasteiger partial charge in [-0.25, -0.2) is 0 Å². The molecule has 0 radical (unpaired) electrons. The average molecular weight is 303 g/mol. The van der Waals surface area contributed by atoms with Gasteiger partial charge in [0.2, 0.25) is 5.91 Å². The van der Waals surface area contributed by atoms with Crippen LogP contribution in [0.4, 0.5) is 0 Å². The number of rotatable bonds is 3. The molecule has 1 amide bonds. The summed E-state index contributed by atoms with van der Waals surface area (Å²) in [5, 5.41) is 0. The van der Waals surface area contributed by atoms with E-state index < -0.39 is 0 Å². The number of benzene rings is 2. The first-order valence-corrected chi connectivity index (χ1v) is 8.01. The molecule has 0 saturated carbocycles. The number of carbonyl (C=O) groups is 1. The molecule has 0 N–H and O–H groups in total. The van der Waals surface area contributed by atoms with Crippen molar-refractivity contribution in [2.24, 2.45) is 0 Å². The zero-order valence-corrected chi connectivity index (χ0v) is 13.4. The topological polar surface area (TPSA) is 20.3 Å². The van der Waals surface area contributed by atoms with Crippen molar-refractivity contribution in [1.29, 1.82) is 0 Å². The van der Waals surface area contributed by atoms with Gasteiger partial charge in [0.05, 0.1) is 0 Å². The minimum absolute atomic E-state index is 0.0802. The van der Waals surface area contributed by atoms with Crippen LogP contribution < -0.4 is 0 Å². The van der Waals surface area contributed by atoms with Gasteiger partial charge in [0.15, 0.2) is 0 Å². The molecule has 0 bridgehead atoms. The first-order chi connectivity index (χ1) is 11.2. The Balaban J connectivity index is 1.64. The van der Waals surface area contributed by atoms with E-state index in [9.17, 15) is 4.79 Å². The molecule has 2 nitrogen and oxygen atoms in total. The van der Waals surface area contributed by atoms with Crippen molar-refractivity contribution in [1.82, 2.24) is 4.90 Å². The molecule has 23 heavy (non-hydrogen) atoms. The third-order valence-corrected chi connectivity index (χ3v) is 4.26. The highest BCUT2D eigenvalue weighted by Gasteiger charge is 2.15. The van der Waals surface area contributed by atoms with Crippen LogP contribution in [0.15, 0.2) is 66.7 Å². The van der Waals surface area contributed by atoms with Crippen molar-refractivity contribution in [3.63, 3.8) is 0 Å². The van der Waals surface area contributed by atoms with E-state index in [2.05, 4.69) is 43.3 Å². The Bertz CT molecular complexity index is 743. The maximum atomic E-state index is 12.3. The fourth-order valence-electron chi connectivity index (χ4n) is 2.82. The monoisotopic (exact) mass is 303 g/mol. The van der Waals surface area contributed by atoms with Gasteiger partial charge in [-0.15, -0.1) is 0 Å². The van der Waals surface area contributed by atoms with Crippen LogP contribution >= 0.6 is 0 Å². The lowest BCUT2D eigenvalue weighted by Crippen LogP contribution is -2.33. The van der Waals surface area contributed by atoms with Crippen LogP contribution in [0.5, 0.6) is 0 Å². The molecule has 1 aliphatic rings. The van der Waals surface area contributed by atoms with Gasteiger partial charge in [-0.1, -0.05) is 60.7 Å². The Morgan fingerprint density at radius 2 is 1.78 bits per heavy atom. The highest BCUT2D eigenvalue weighted by molar-refractivity contribution is 5.92. The summed E-state index contributed by atoms with van der Waals surface area (Å²) < 4.78 is 0. The lowest BCUT2D eigenvalue weighted by molar-refractivity contribution is -0.125. The Morgan fingerprint density at radius 3 is 2.48 bits per heavy atom. The number of hydrogen-bond donors (Lipinski definition) is 0. The zero-order valence-electron chi connectivity index (χ0n) is 13.4. The van der Waals surface area contributed by atoms with E-state index in [1.165, 1.54) is 16.7 Å². The molecule has 0 unspecified atom stereocenters. The van der Waals surface area contributed by atoms with Crippen molar-refractivity contribution < 1.29 is 4.79 Å². The average Bonchev–Trinajstić information content (AvgIpc) is 2.62. The Hall–Kier alpha value is -2.61. The minimum Gasteiger partial charge on any atom is -0.335 e. The Morgan fingerprint density at radius 1 is 1.04 bits per heavy atom.